The van der Waals surface area contributed by atoms with Gasteiger partial charge in [-0.2, -0.15) is 0 Å². The van der Waals surface area contributed by atoms with E-state index in [0.717, 1.165) is 44.4 Å². The molecule has 1 aliphatic rings. The zero-order valence-corrected chi connectivity index (χ0v) is 13.6. The molecule has 0 aromatic heterocycles. The molecule has 0 radical (unpaired) electrons. The largest absolute Gasteiger partial charge is 0.497 e. The standard InChI is InChI=1S/C18H27NO3/c1-3-4-7-17(14-8-10-16(22-2)11-9-14)19-12-5-6-15(13-19)18(20)21/h8-11,15,17H,3-7,12-13H2,1-2H3,(H,20,21). The van der Waals surface area contributed by atoms with Crippen LogP contribution in [0, 0.1) is 5.92 Å². The van der Waals surface area contributed by atoms with Crippen LogP contribution >= 0.6 is 0 Å². The van der Waals surface area contributed by atoms with Crippen molar-refractivity contribution < 1.29 is 14.6 Å². The summed E-state index contributed by atoms with van der Waals surface area (Å²) in [6.45, 7) is 3.85. The molecule has 4 heteroatoms. The molecule has 0 saturated carbocycles. The van der Waals surface area contributed by atoms with Gasteiger partial charge in [0.15, 0.2) is 0 Å². The molecule has 1 saturated heterocycles. The Morgan fingerprint density at radius 1 is 1.41 bits per heavy atom. The number of carbonyl (C=O) groups is 1. The summed E-state index contributed by atoms with van der Waals surface area (Å²) in [5.74, 6) is -0.0233. The highest BCUT2D eigenvalue weighted by atomic mass is 16.5. The number of carboxylic acid groups (broad SMARTS) is 1. The molecule has 0 aliphatic carbocycles. The topological polar surface area (TPSA) is 49.8 Å². The highest BCUT2D eigenvalue weighted by Gasteiger charge is 2.30. The number of nitrogens with zero attached hydrogens (tertiary/aromatic N) is 1. The van der Waals surface area contributed by atoms with Gasteiger partial charge in [-0.25, -0.2) is 0 Å². The van der Waals surface area contributed by atoms with Crippen LogP contribution in [0.15, 0.2) is 24.3 Å². The molecule has 1 aromatic carbocycles. The lowest BCUT2D eigenvalue weighted by molar-refractivity contribution is -0.144. The van der Waals surface area contributed by atoms with Gasteiger partial charge in [-0.05, 0) is 43.5 Å². The van der Waals surface area contributed by atoms with Crippen molar-refractivity contribution in [3.05, 3.63) is 29.8 Å². The second kappa shape index (κ2) is 8.18. The first-order valence-corrected chi connectivity index (χ1v) is 8.26. The van der Waals surface area contributed by atoms with Gasteiger partial charge >= 0.3 is 5.97 Å². The second-order valence-corrected chi connectivity index (χ2v) is 6.10. The summed E-state index contributed by atoms with van der Waals surface area (Å²) >= 11 is 0. The van der Waals surface area contributed by atoms with Gasteiger partial charge in [-0.15, -0.1) is 0 Å². The van der Waals surface area contributed by atoms with E-state index >= 15 is 0 Å². The predicted molar refractivity (Wildman–Crippen MR) is 87.2 cm³/mol. The molecule has 1 heterocycles. The van der Waals surface area contributed by atoms with Crippen LogP contribution in [-0.4, -0.2) is 36.2 Å². The summed E-state index contributed by atoms with van der Waals surface area (Å²) in [5, 5.41) is 9.31. The molecule has 1 fully saturated rings. The number of rotatable bonds is 7. The fourth-order valence-corrected chi connectivity index (χ4v) is 3.27. The minimum absolute atomic E-state index is 0.226. The number of aliphatic carboxylic acids is 1. The highest BCUT2D eigenvalue weighted by molar-refractivity contribution is 5.70. The first-order valence-electron chi connectivity index (χ1n) is 8.26. The molecule has 22 heavy (non-hydrogen) atoms. The third-order valence-electron chi connectivity index (χ3n) is 4.57. The molecule has 0 bridgehead atoms. The number of likely N-dealkylation sites (tertiary alicyclic amines) is 1. The van der Waals surface area contributed by atoms with Gasteiger partial charge in [0.2, 0.25) is 0 Å². The molecular weight excluding hydrogens is 278 g/mol. The lowest BCUT2D eigenvalue weighted by atomic mass is 9.92. The molecule has 0 spiro atoms. The van der Waals surface area contributed by atoms with Gasteiger partial charge in [0, 0.05) is 12.6 Å². The van der Waals surface area contributed by atoms with Gasteiger partial charge in [-0.3, -0.25) is 9.69 Å². The van der Waals surface area contributed by atoms with Crippen LogP contribution in [0.4, 0.5) is 0 Å². The maximum atomic E-state index is 11.3. The van der Waals surface area contributed by atoms with Gasteiger partial charge in [0.25, 0.3) is 0 Å². The Balaban J connectivity index is 2.15. The number of unbranched alkanes of at least 4 members (excludes halogenated alkanes) is 1. The summed E-state index contributed by atoms with van der Waals surface area (Å²) in [4.78, 5) is 13.7. The summed E-state index contributed by atoms with van der Waals surface area (Å²) in [6.07, 6.45) is 5.16. The van der Waals surface area contributed by atoms with Crippen molar-refractivity contribution in [1.29, 1.82) is 0 Å². The van der Waals surface area contributed by atoms with Crippen LogP contribution in [0.5, 0.6) is 5.75 Å². The molecule has 1 N–H and O–H groups in total. The number of hydrogen-bond donors (Lipinski definition) is 1. The van der Waals surface area contributed by atoms with E-state index in [0.29, 0.717) is 12.6 Å². The first-order chi connectivity index (χ1) is 10.7. The molecule has 1 aliphatic heterocycles. The average molecular weight is 305 g/mol. The Hall–Kier alpha value is -1.55. The van der Waals surface area contributed by atoms with Crippen LogP contribution in [0.25, 0.3) is 0 Å². The average Bonchev–Trinajstić information content (AvgIpc) is 2.56. The Morgan fingerprint density at radius 3 is 2.73 bits per heavy atom. The Labute approximate surface area is 133 Å². The van der Waals surface area contributed by atoms with Crippen molar-refractivity contribution in [3.63, 3.8) is 0 Å². The van der Waals surface area contributed by atoms with E-state index in [1.54, 1.807) is 7.11 Å². The summed E-state index contributed by atoms with van der Waals surface area (Å²) < 4.78 is 5.23. The Bertz CT molecular complexity index is 472. The molecule has 4 nitrogen and oxygen atoms in total. The third-order valence-corrected chi connectivity index (χ3v) is 4.57. The van der Waals surface area contributed by atoms with E-state index in [1.807, 2.05) is 12.1 Å². The van der Waals surface area contributed by atoms with Crippen LogP contribution in [0.1, 0.15) is 50.6 Å². The molecule has 2 atom stereocenters. The number of hydrogen-bond acceptors (Lipinski definition) is 3. The van der Waals surface area contributed by atoms with Gasteiger partial charge in [0.1, 0.15) is 5.75 Å². The van der Waals surface area contributed by atoms with Crippen molar-refractivity contribution in [2.24, 2.45) is 5.92 Å². The second-order valence-electron chi connectivity index (χ2n) is 6.10. The van der Waals surface area contributed by atoms with Crippen LogP contribution in [0.3, 0.4) is 0 Å². The molecule has 0 amide bonds. The number of piperidine rings is 1. The summed E-state index contributed by atoms with van der Waals surface area (Å²) in [7, 11) is 1.67. The lowest BCUT2D eigenvalue weighted by Gasteiger charge is -2.37. The quantitative estimate of drug-likeness (QED) is 0.834. The van der Waals surface area contributed by atoms with E-state index < -0.39 is 5.97 Å². The number of carboxylic acids is 1. The minimum atomic E-state index is -0.659. The van der Waals surface area contributed by atoms with E-state index in [2.05, 4.69) is 24.0 Å². The predicted octanol–water partition coefficient (Wildman–Crippen LogP) is 3.72. The monoisotopic (exact) mass is 305 g/mol. The van der Waals surface area contributed by atoms with Crippen molar-refractivity contribution in [2.45, 2.75) is 45.1 Å². The first kappa shape index (κ1) is 16.8. The SMILES string of the molecule is CCCCC(c1ccc(OC)cc1)N1CCCC(C(=O)O)C1. The van der Waals surface area contributed by atoms with Crippen LogP contribution in [0.2, 0.25) is 0 Å². The van der Waals surface area contributed by atoms with Gasteiger partial charge < -0.3 is 9.84 Å². The summed E-state index contributed by atoms with van der Waals surface area (Å²) in [6, 6.07) is 8.53. The van der Waals surface area contributed by atoms with Crippen molar-refractivity contribution >= 4 is 5.97 Å². The highest BCUT2D eigenvalue weighted by Crippen LogP contribution is 2.31. The fraction of sp³-hybridized carbons (Fsp3) is 0.611. The number of ether oxygens (including phenoxy) is 1. The molecular formula is C18H27NO3. The minimum Gasteiger partial charge on any atom is -0.497 e. The van der Waals surface area contributed by atoms with E-state index in [-0.39, 0.29) is 5.92 Å². The third kappa shape index (κ3) is 4.23. The Morgan fingerprint density at radius 2 is 2.14 bits per heavy atom. The lowest BCUT2D eigenvalue weighted by Crippen LogP contribution is -2.40. The summed E-state index contributed by atoms with van der Waals surface area (Å²) in [5.41, 5.74) is 1.26. The van der Waals surface area contributed by atoms with Gasteiger partial charge in [0.05, 0.1) is 13.0 Å². The zero-order chi connectivity index (χ0) is 15.9. The maximum Gasteiger partial charge on any atom is 0.307 e. The fourth-order valence-electron chi connectivity index (χ4n) is 3.27. The van der Waals surface area contributed by atoms with Crippen molar-refractivity contribution in [2.75, 3.05) is 20.2 Å². The Kier molecular flexibility index (Phi) is 6.25. The van der Waals surface area contributed by atoms with Crippen molar-refractivity contribution in [3.8, 4) is 5.75 Å². The maximum absolute atomic E-state index is 11.3. The van der Waals surface area contributed by atoms with E-state index in [4.69, 9.17) is 4.74 Å². The zero-order valence-electron chi connectivity index (χ0n) is 13.6. The van der Waals surface area contributed by atoms with E-state index in [9.17, 15) is 9.90 Å². The normalized spacial score (nSPS) is 20.5. The molecule has 122 valence electrons. The smallest absolute Gasteiger partial charge is 0.307 e. The number of methoxy groups -OCH3 is 1. The number of benzene rings is 1. The van der Waals surface area contributed by atoms with Crippen LogP contribution in [-0.2, 0) is 4.79 Å². The van der Waals surface area contributed by atoms with Crippen molar-refractivity contribution in [1.82, 2.24) is 4.90 Å². The van der Waals surface area contributed by atoms with E-state index in [1.165, 1.54) is 5.56 Å². The molecule has 2 unspecified atom stereocenters. The molecule has 2 rings (SSSR count). The van der Waals surface area contributed by atoms with Gasteiger partial charge in [-0.1, -0.05) is 31.9 Å². The van der Waals surface area contributed by atoms with Crippen LogP contribution < -0.4 is 4.74 Å². The molecule has 1 aromatic rings.